The Labute approximate surface area is 219 Å². The molecule has 0 spiro atoms. The zero-order valence-electron chi connectivity index (χ0n) is 21.1. The smallest absolute Gasteiger partial charge is 0.334 e. The van der Waals surface area contributed by atoms with E-state index >= 15 is 0 Å². The molecule has 1 heterocycles. The molecule has 210 valence electrons. The Morgan fingerprint density at radius 3 is 2.47 bits per heavy atom. The number of aliphatic hydroxyl groups excluding tert-OH is 4. The number of ether oxygens (including phenoxy) is 4. The van der Waals surface area contributed by atoms with Gasteiger partial charge in [-0.1, -0.05) is 18.2 Å². The van der Waals surface area contributed by atoms with Gasteiger partial charge in [-0.2, -0.15) is 0 Å². The summed E-state index contributed by atoms with van der Waals surface area (Å²) in [5, 5.41) is 58.9. The van der Waals surface area contributed by atoms with Crippen LogP contribution >= 0.6 is 0 Å². The van der Waals surface area contributed by atoms with Crippen molar-refractivity contribution in [3.05, 3.63) is 47.1 Å². The normalized spacial score (nSPS) is 30.5. The van der Waals surface area contributed by atoms with Gasteiger partial charge in [-0.05, 0) is 36.6 Å². The Bertz CT molecular complexity index is 1050. The second-order valence-electron chi connectivity index (χ2n) is 9.05. The van der Waals surface area contributed by atoms with E-state index in [2.05, 4.69) is 0 Å². The van der Waals surface area contributed by atoms with Gasteiger partial charge in [0.05, 0.1) is 32.8 Å². The molecule has 0 radical (unpaired) electrons. The van der Waals surface area contributed by atoms with E-state index in [1.165, 1.54) is 19.2 Å². The zero-order chi connectivity index (χ0) is 28.0. The summed E-state index contributed by atoms with van der Waals surface area (Å²) in [5.41, 5.74) is 1.39. The number of phenolic OH excluding ortho intramolecular Hbond substituents is 2. The Hall–Kier alpha value is -3.00. The largest absolute Gasteiger partial charge is 0.504 e. The molecule has 1 aromatic carbocycles. The molecule has 12 heteroatoms. The number of esters is 2. The average Bonchev–Trinajstić information content (AvgIpc) is 2.90. The van der Waals surface area contributed by atoms with Gasteiger partial charge in [0.15, 0.2) is 17.8 Å². The molecule has 0 unspecified atom stereocenters. The molecule has 7 atom stereocenters. The first-order chi connectivity index (χ1) is 18.1. The Balaban J connectivity index is 1.71. The molecule has 2 aliphatic rings. The minimum atomic E-state index is -1.62. The molecular formula is C26H34O12. The van der Waals surface area contributed by atoms with Crippen molar-refractivity contribution in [2.24, 2.45) is 5.92 Å². The van der Waals surface area contributed by atoms with E-state index in [0.29, 0.717) is 11.1 Å². The van der Waals surface area contributed by atoms with Gasteiger partial charge in [0.25, 0.3) is 0 Å². The predicted octanol–water partition coefficient (Wildman–Crippen LogP) is -0.176. The summed E-state index contributed by atoms with van der Waals surface area (Å²) in [6.45, 7) is 1.06. The van der Waals surface area contributed by atoms with Crippen molar-refractivity contribution in [1.29, 1.82) is 0 Å². The molecule has 1 aliphatic heterocycles. The number of carbonyl (C=O) groups excluding carboxylic acids is 2. The third-order valence-corrected chi connectivity index (χ3v) is 6.67. The van der Waals surface area contributed by atoms with E-state index in [1.54, 1.807) is 25.1 Å². The van der Waals surface area contributed by atoms with Gasteiger partial charge in [-0.15, -0.1) is 0 Å². The number of allylic oxidation sites excluding steroid dienone is 1. The van der Waals surface area contributed by atoms with Gasteiger partial charge in [0, 0.05) is 17.9 Å². The lowest BCUT2D eigenvalue weighted by atomic mass is 9.79. The summed E-state index contributed by atoms with van der Waals surface area (Å²) in [6.07, 6.45) is -4.65. The maximum atomic E-state index is 12.7. The summed E-state index contributed by atoms with van der Waals surface area (Å²) < 4.78 is 21.6. The number of rotatable bonds is 9. The Morgan fingerprint density at radius 2 is 1.84 bits per heavy atom. The van der Waals surface area contributed by atoms with Crippen LogP contribution in [0.4, 0.5) is 0 Å². The molecule has 6 N–H and O–H groups in total. The molecule has 0 saturated carbocycles. The first-order valence-corrected chi connectivity index (χ1v) is 12.2. The molecule has 3 rings (SSSR count). The van der Waals surface area contributed by atoms with Gasteiger partial charge in [-0.3, -0.25) is 4.79 Å². The van der Waals surface area contributed by atoms with Crippen molar-refractivity contribution in [2.75, 3.05) is 20.3 Å². The summed E-state index contributed by atoms with van der Waals surface area (Å²) >= 11 is 0. The highest BCUT2D eigenvalue weighted by atomic mass is 16.7. The van der Waals surface area contributed by atoms with E-state index in [0.717, 1.165) is 0 Å². The van der Waals surface area contributed by atoms with Crippen molar-refractivity contribution < 1.29 is 59.2 Å². The minimum absolute atomic E-state index is 0.0109. The molecule has 38 heavy (non-hydrogen) atoms. The molecule has 0 aromatic heterocycles. The molecule has 1 aliphatic carbocycles. The minimum Gasteiger partial charge on any atom is -0.504 e. The summed E-state index contributed by atoms with van der Waals surface area (Å²) in [5.74, 6) is -2.56. The fourth-order valence-corrected chi connectivity index (χ4v) is 4.58. The number of carbonyl (C=O) groups is 2. The van der Waals surface area contributed by atoms with Crippen LogP contribution in [-0.4, -0.2) is 99.7 Å². The summed E-state index contributed by atoms with van der Waals surface area (Å²) in [7, 11) is 1.22. The highest BCUT2D eigenvalue weighted by Crippen LogP contribution is 2.37. The fraction of sp³-hybridized carbons (Fsp3) is 0.538. The van der Waals surface area contributed by atoms with Gasteiger partial charge in [0.1, 0.15) is 24.4 Å². The van der Waals surface area contributed by atoms with Crippen molar-refractivity contribution >= 4 is 11.9 Å². The quantitative estimate of drug-likeness (QED) is 0.138. The molecular weight excluding hydrogens is 504 g/mol. The Morgan fingerprint density at radius 1 is 1.11 bits per heavy atom. The zero-order valence-corrected chi connectivity index (χ0v) is 21.1. The van der Waals surface area contributed by atoms with E-state index in [4.69, 9.17) is 18.9 Å². The van der Waals surface area contributed by atoms with Crippen molar-refractivity contribution in [3.63, 3.8) is 0 Å². The maximum absolute atomic E-state index is 12.7. The average molecular weight is 539 g/mol. The lowest BCUT2D eigenvalue weighted by molar-refractivity contribution is -0.308. The van der Waals surface area contributed by atoms with Gasteiger partial charge in [0.2, 0.25) is 0 Å². The van der Waals surface area contributed by atoms with Crippen LogP contribution in [-0.2, 0) is 35.0 Å². The van der Waals surface area contributed by atoms with Crippen LogP contribution in [0.3, 0.4) is 0 Å². The molecule has 1 aromatic rings. The SMILES string of the molecule is C/C=C1/[C@H](CC(=O)OCCc2ccc(O)c(O)c2)C(C(=O)OC)=CC[C@H]1O[C@@H]1O[C@H](CO)[C@@H](O)[C@H](O)[C@H]1O. The summed E-state index contributed by atoms with van der Waals surface area (Å²) in [6, 6.07) is 4.28. The second kappa shape index (κ2) is 13.2. The lowest BCUT2D eigenvalue weighted by Gasteiger charge is -2.42. The topological polar surface area (TPSA) is 192 Å². The van der Waals surface area contributed by atoms with Crippen molar-refractivity contribution in [1.82, 2.24) is 0 Å². The van der Waals surface area contributed by atoms with Gasteiger partial charge in [-0.25, -0.2) is 4.79 Å². The monoisotopic (exact) mass is 538 g/mol. The number of aromatic hydroxyl groups is 2. The number of hydrogen-bond acceptors (Lipinski definition) is 12. The molecule has 0 bridgehead atoms. The van der Waals surface area contributed by atoms with Crippen LogP contribution in [0.5, 0.6) is 11.5 Å². The summed E-state index contributed by atoms with van der Waals surface area (Å²) in [4.78, 5) is 25.2. The number of phenols is 2. The molecule has 1 saturated heterocycles. The van der Waals surface area contributed by atoms with Crippen LogP contribution in [0.2, 0.25) is 0 Å². The molecule has 1 fully saturated rings. The molecule has 12 nitrogen and oxygen atoms in total. The lowest BCUT2D eigenvalue weighted by Crippen LogP contribution is -2.59. The number of methoxy groups -OCH3 is 1. The van der Waals surface area contributed by atoms with Crippen LogP contribution in [0.15, 0.2) is 41.5 Å². The highest BCUT2D eigenvalue weighted by Gasteiger charge is 2.46. The van der Waals surface area contributed by atoms with E-state index in [-0.39, 0.29) is 42.9 Å². The van der Waals surface area contributed by atoms with Crippen molar-refractivity contribution in [3.8, 4) is 11.5 Å². The fourth-order valence-electron chi connectivity index (χ4n) is 4.58. The van der Waals surface area contributed by atoms with Crippen LogP contribution in [0.1, 0.15) is 25.3 Å². The van der Waals surface area contributed by atoms with Crippen LogP contribution < -0.4 is 0 Å². The number of benzene rings is 1. The van der Waals surface area contributed by atoms with Crippen LogP contribution in [0.25, 0.3) is 0 Å². The molecule has 0 amide bonds. The van der Waals surface area contributed by atoms with Gasteiger partial charge < -0.3 is 49.6 Å². The standard InChI is InChI=1S/C26H34O12/c1-3-14-16(11-21(30)36-9-8-13-4-6-17(28)18(29)10-13)15(25(34)35-2)5-7-19(14)37-26-24(33)23(32)22(31)20(12-27)38-26/h3-6,10,16,19-20,22-24,26-29,31-33H,7-9,11-12H2,1-2H3/b14-3-/t16-,19+,20+,22+,23-,24+,26+/m0/s1. The van der Waals surface area contributed by atoms with Crippen molar-refractivity contribution in [2.45, 2.75) is 63.0 Å². The van der Waals surface area contributed by atoms with Crippen LogP contribution in [0, 0.1) is 5.92 Å². The second-order valence-corrected chi connectivity index (χ2v) is 9.05. The van der Waals surface area contributed by atoms with E-state index in [9.17, 15) is 40.2 Å². The number of aliphatic hydroxyl groups is 4. The number of hydrogen-bond donors (Lipinski definition) is 6. The Kier molecular flexibility index (Phi) is 10.3. The predicted molar refractivity (Wildman–Crippen MR) is 130 cm³/mol. The third kappa shape index (κ3) is 6.70. The third-order valence-electron chi connectivity index (χ3n) is 6.67. The van der Waals surface area contributed by atoms with E-state index in [1.807, 2.05) is 0 Å². The first-order valence-electron chi connectivity index (χ1n) is 12.2. The first kappa shape index (κ1) is 29.6. The highest BCUT2D eigenvalue weighted by molar-refractivity contribution is 5.91. The van der Waals surface area contributed by atoms with Gasteiger partial charge >= 0.3 is 11.9 Å². The van der Waals surface area contributed by atoms with E-state index < -0.39 is 61.3 Å². The maximum Gasteiger partial charge on any atom is 0.334 e.